The van der Waals surface area contributed by atoms with Crippen LogP contribution < -0.4 is 19.5 Å². The number of nitrogens with one attached hydrogen (secondary N) is 1. The number of rotatable bonds is 9. The Kier molecular flexibility index (Phi) is 7.42. The summed E-state index contributed by atoms with van der Waals surface area (Å²) >= 11 is 0. The molecule has 1 atom stereocenters. The first kappa shape index (κ1) is 26.8. The molecule has 4 aromatic carbocycles. The van der Waals surface area contributed by atoms with Crippen LogP contribution in [0.1, 0.15) is 22.7 Å². The largest absolute Gasteiger partial charge is 0.497 e. The smallest absolute Gasteiger partial charge is 0.251 e. The molecule has 0 aliphatic carbocycles. The van der Waals surface area contributed by atoms with E-state index in [0.717, 1.165) is 16.6 Å². The molecular weight excluding hydrogens is 534 g/mol. The number of carbonyl (C=O) groups is 2. The Morgan fingerprint density at radius 2 is 1.79 bits per heavy atom. The Morgan fingerprint density at radius 1 is 0.976 bits per heavy atom. The van der Waals surface area contributed by atoms with Gasteiger partial charge in [-0.15, -0.1) is 5.10 Å². The van der Waals surface area contributed by atoms with Crippen LogP contribution in [0.25, 0.3) is 11.0 Å². The second kappa shape index (κ2) is 11.6. The number of para-hydroxylation sites is 1. The molecule has 1 aliphatic rings. The standard InChI is InChI=1S/C32H29N5O5/c1-21-8-3-4-9-23(21)18-36(30(38)19-37-27-13-6-5-12-26(27)34-35-37)31(22-10-7-11-25(16-22)40-2)32(39)33-24-14-15-28-29(17-24)42-20-41-28/h3-17,31H,18-20H2,1-2H3,(H,33,39). The molecule has 42 heavy (non-hydrogen) atoms. The molecule has 1 unspecified atom stereocenters. The molecule has 0 saturated heterocycles. The van der Waals surface area contributed by atoms with Crippen molar-refractivity contribution in [2.75, 3.05) is 19.2 Å². The number of carbonyl (C=O) groups excluding carboxylic acids is 2. The first-order valence-corrected chi connectivity index (χ1v) is 13.5. The van der Waals surface area contributed by atoms with Gasteiger partial charge in [0.05, 0.1) is 12.6 Å². The summed E-state index contributed by atoms with van der Waals surface area (Å²) in [7, 11) is 1.56. The van der Waals surface area contributed by atoms with E-state index in [1.54, 1.807) is 53.1 Å². The molecule has 10 nitrogen and oxygen atoms in total. The highest BCUT2D eigenvalue weighted by Gasteiger charge is 2.33. The van der Waals surface area contributed by atoms with Gasteiger partial charge in [-0.3, -0.25) is 9.59 Å². The molecule has 5 aromatic rings. The number of methoxy groups -OCH3 is 1. The van der Waals surface area contributed by atoms with E-state index in [-0.39, 0.29) is 25.8 Å². The third-order valence-electron chi connectivity index (χ3n) is 7.24. The molecule has 2 heterocycles. The molecule has 212 valence electrons. The first-order chi connectivity index (χ1) is 20.5. The molecule has 0 spiro atoms. The van der Waals surface area contributed by atoms with Gasteiger partial charge >= 0.3 is 0 Å². The zero-order valence-electron chi connectivity index (χ0n) is 23.2. The van der Waals surface area contributed by atoms with Gasteiger partial charge in [-0.2, -0.15) is 0 Å². The monoisotopic (exact) mass is 563 g/mol. The summed E-state index contributed by atoms with van der Waals surface area (Å²) in [6.45, 7) is 2.18. The van der Waals surface area contributed by atoms with Crippen LogP contribution in [-0.4, -0.2) is 45.6 Å². The minimum Gasteiger partial charge on any atom is -0.497 e. The maximum absolute atomic E-state index is 14.2. The van der Waals surface area contributed by atoms with Crippen molar-refractivity contribution in [1.82, 2.24) is 19.9 Å². The van der Waals surface area contributed by atoms with Crippen LogP contribution in [-0.2, 0) is 22.7 Å². The van der Waals surface area contributed by atoms with Gasteiger partial charge < -0.3 is 24.4 Å². The Bertz CT molecular complexity index is 1770. The average Bonchev–Trinajstić information content (AvgIpc) is 3.65. The van der Waals surface area contributed by atoms with Crippen molar-refractivity contribution in [2.45, 2.75) is 26.1 Å². The lowest BCUT2D eigenvalue weighted by Gasteiger charge is -2.32. The Labute approximate surface area is 242 Å². The number of hydrogen-bond acceptors (Lipinski definition) is 7. The highest BCUT2D eigenvalue weighted by molar-refractivity contribution is 5.98. The van der Waals surface area contributed by atoms with Crippen molar-refractivity contribution in [3.8, 4) is 17.2 Å². The third kappa shape index (κ3) is 5.46. The fourth-order valence-corrected chi connectivity index (χ4v) is 5.02. The van der Waals surface area contributed by atoms with Gasteiger partial charge in [0.2, 0.25) is 12.7 Å². The van der Waals surface area contributed by atoms with Crippen molar-refractivity contribution in [1.29, 1.82) is 0 Å². The van der Waals surface area contributed by atoms with E-state index in [2.05, 4.69) is 15.6 Å². The van der Waals surface area contributed by atoms with Gasteiger partial charge in [-0.05, 0) is 60.0 Å². The molecule has 1 N–H and O–H groups in total. The SMILES string of the molecule is COc1cccc(C(C(=O)Nc2ccc3c(c2)OCO3)N(Cc2ccccc2C)C(=O)Cn2nnc3ccccc32)c1. The van der Waals surface area contributed by atoms with Crippen LogP contribution in [0.4, 0.5) is 5.69 Å². The van der Waals surface area contributed by atoms with Crippen molar-refractivity contribution >= 4 is 28.5 Å². The first-order valence-electron chi connectivity index (χ1n) is 13.5. The number of aryl methyl sites for hydroxylation is 1. The molecular formula is C32H29N5O5. The number of benzene rings is 4. The van der Waals surface area contributed by atoms with Gasteiger partial charge in [0.15, 0.2) is 11.5 Å². The van der Waals surface area contributed by atoms with Gasteiger partial charge in [-0.1, -0.05) is 53.7 Å². The van der Waals surface area contributed by atoms with E-state index >= 15 is 0 Å². The quantitative estimate of drug-likeness (QED) is 0.272. The van der Waals surface area contributed by atoms with Gasteiger partial charge in [0.25, 0.3) is 5.91 Å². The van der Waals surface area contributed by atoms with E-state index in [1.165, 1.54) is 0 Å². The lowest BCUT2D eigenvalue weighted by Crippen LogP contribution is -2.42. The van der Waals surface area contributed by atoms with Crippen molar-refractivity contribution in [3.63, 3.8) is 0 Å². The van der Waals surface area contributed by atoms with Crippen LogP contribution in [0.2, 0.25) is 0 Å². The fraction of sp³-hybridized carbons (Fsp3) is 0.188. The molecule has 0 bridgehead atoms. The van der Waals surface area contributed by atoms with E-state index in [1.807, 2.05) is 61.5 Å². The number of hydrogen-bond donors (Lipinski definition) is 1. The maximum Gasteiger partial charge on any atom is 0.251 e. The molecule has 0 saturated carbocycles. The van der Waals surface area contributed by atoms with Gasteiger partial charge in [0, 0.05) is 18.3 Å². The van der Waals surface area contributed by atoms with Crippen LogP contribution in [0.3, 0.4) is 0 Å². The van der Waals surface area contributed by atoms with E-state index < -0.39 is 11.9 Å². The summed E-state index contributed by atoms with van der Waals surface area (Å²) in [6, 6.07) is 26.6. The summed E-state index contributed by atoms with van der Waals surface area (Å²) in [5.74, 6) is 1.01. The summed E-state index contributed by atoms with van der Waals surface area (Å²) < 4.78 is 17.9. The van der Waals surface area contributed by atoms with Crippen molar-refractivity contribution < 1.29 is 23.8 Å². The molecule has 10 heteroatoms. The molecule has 0 radical (unpaired) electrons. The van der Waals surface area contributed by atoms with Crippen LogP contribution >= 0.6 is 0 Å². The molecule has 2 amide bonds. The van der Waals surface area contributed by atoms with Crippen molar-refractivity contribution in [2.24, 2.45) is 0 Å². The van der Waals surface area contributed by atoms with Crippen molar-refractivity contribution in [3.05, 3.63) is 108 Å². The van der Waals surface area contributed by atoms with Crippen LogP contribution in [0, 0.1) is 6.92 Å². The third-order valence-corrected chi connectivity index (χ3v) is 7.24. The van der Waals surface area contributed by atoms with E-state index in [0.29, 0.717) is 34.0 Å². The van der Waals surface area contributed by atoms with Crippen LogP contribution in [0.15, 0.2) is 91.0 Å². The van der Waals surface area contributed by atoms with Gasteiger partial charge in [0.1, 0.15) is 23.9 Å². The lowest BCUT2D eigenvalue weighted by molar-refractivity contribution is -0.140. The zero-order chi connectivity index (χ0) is 29.1. The molecule has 1 aliphatic heterocycles. The van der Waals surface area contributed by atoms with E-state index in [9.17, 15) is 9.59 Å². The predicted octanol–water partition coefficient (Wildman–Crippen LogP) is 4.89. The lowest BCUT2D eigenvalue weighted by atomic mass is 10.0. The Balaban J connectivity index is 1.41. The fourth-order valence-electron chi connectivity index (χ4n) is 5.02. The number of anilines is 1. The maximum atomic E-state index is 14.2. The number of nitrogens with zero attached hydrogens (tertiary/aromatic N) is 4. The minimum absolute atomic E-state index is 0.107. The Hall–Kier alpha value is -5.38. The molecule has 6 rings (SSSR count). The number of aromatic nitrogens is 3. The summed E-state index contributed by atoms with van der Waals surface area (Å²) in [6.07, 6.45) is 0. The summed E-state index contributed by atoms with van der Waals surface area (Å²) in [5, 5.41) is 11.4. The number of ether oxygens (including phenoxy) is 3. The second-order valence-electron chi connectivity index (χ2n) is 9.92. The van der Waals surface area contributed by atoms with Gasteiger partial charge in [-0.25, -0.2) is 4.68 Å². The second-order valence-corrected chi connectivity index (χ2v) is 9.92. The normalized spacial score (nSPS) is 12.6. The predicted molar refractivity (Wildman–Crippen MR) is 156 cm³/mol. The highest BCUT2D eigenvalue weighted by atomic mass is 16.7. The Morgan fingerprint density at radius 3 is 2.64 bits per heavy atom. The minimum atomic E-state index is -1.01. The zero-order valence-corrected chi connectivity index (χ0v) is 23.2. The summed E-state index contributed by atoms with van der Waals surface area (Å²) in [5.41, 5.74) is 4.44. The van der Waals surface area contributed by atoms with Crippen LogP contribution in [0.5, 0.6) is 17.2 Å². The number of fused-ring (bicyclic) bond motifs is 2. The number of amides is 2. The van der Waals surface area contributed by atoms with E-state index in [4.69, 9.17) is 14.2 Å². The topological polar surface area (TPSA) is 108 Å². The molecule has 0 fully saturated rings. The average molecular weight is 564 g/mol. The molecule has 1 aromatic heterocycles. The summed E-state index contributed by atoms with van der Waals surface area (Å²) in [4.78, 5) is 30.0. The highest BCUT2D eigenvalue weighted by Crippen LogP contribution is 2.35.